The van der Waals surface area contributed by atoms with Gasteiger partial charge < -0.3 is 9.47 Å². The molecular formula is C21H22N4O2. The number of aromatic nitrogens is 3. The van der Waals surface area contributed by atoms with Gasteiger partial charge in [0.2, 0.25) is 5.88 Å². The molecule has 0 amide bonds. The normalized spacial score (nSPS) is 17.0. The Hall–Kier alpha value is -2.99. The van der Waals surface area contributed by atoms with Crippen molar-refractivity contribution < 1.29 is 9.47 Å². The Bertz CT molecular complexity index is 871. The zero-order valence-corrected chi connectivity index (χ0v) is 15.3. The molecule has 0 saturated carbocycles. The minimum Gasteiger partial charge on any atom is -0.497 e. The summed E-state index contributed by atoms with van der Waals surface area (Å²) < 4.78 is 11.0. The molecular weight excluding hydrogens is 340 g/mol. The summed E-state index contributed by atoms with van der Waals surface area (Å²) in [4.78, 5) is 15.9. The Labute approximate surface area is 158 Å². The fraction of sp³-hybridized carbons (Fsp3) is 0.286. The molecule has 0 aliphatic carbocycles. The summed E-state index contributed by atoms with van der Waals surface area (Å²) in [5, 5.41) is 0. The van der Waals surface area contributed by atoms with E-state index in [0.717, 1.165) is 43.1 Å². The number of hydrogen-bond donors (Lipinski definition) is 0. The van der Waals surface area contributed by atoms with Crippen LogP contribution in [0.1, 0.15) is 30.3 Å². The van der Waals surface area contributed by atoms with Crippen molar-refractivity contribution in [2.24, 2.45) is 0 Å². The molecule has 138 valence electrons. The molecule has 6 heteroatoms. The minimum atomic E-state index is 0.235. The number of hydrogen-bond acceptors (Lipinski definition) is 6. The first-order chi connectivity index (χ1) is 13.3. The highest BCUT2D eigenvalue weighted by Gasteiger charge is 2.28. The fourth-order valence-corrected chi connectivity index (χ4v) is 3.39. The number of benzene rings is 1. The predicted molar refractivity (Wildman–Crippen MR) is 102 cm³/mol. The summed E-state index contributed by atoms with van der Waals surface area (Å²) in [6.45, 7) is 1.85. The lowest BCUT2D eigenvalue weighted by Gasteiger charge is -2.23. The number of rotatable bonds is 6. The summed E-state index contributed by atoms with van der Waals surface area (Å²) in [6, 6.07) is 13.7. The van der Waals surface area contributed by atoms with Crippen LogP contribution in [0.15, 0.2) is 61.1 Å². The molecule has 27 heavy (non-hydrogen) atoms. The standard InChI is InChI=1S/C21H22N4O2/c1-26-17-7-9-18(10-8-17)27-21-14-22-13-19(24-21)20-6-4-12-25(20)15-16-5-2-3-11-23-16/h2-3,5,7-11,13-14,20H,4,6,12,15H2,1H3/t20-/m1/s1. The SMILES string of the molecule is COc1ccc(Oc2cncc([C@H]3CCCN3Cc3ccccn3)n2)cc1. The third-order valence-electron chi connectivity index (χ3n) is 4.71. The molecule has 1 aliphatic heterocycles. The Kier molecular flexibility index (Phi) is 5.25. The lowest BCUT2D eigenvalue weighted by atomic mass is 10.1. The largest absolute Gasteiger partial charge is 0.497 e. The van der Waals surface area contributed by atoms with E-state index in [1.807, 2.05) is 48.8 Å². The van der Waals surface area contributed by atoms with Gasteiger partial charge in [0.25, 0.3) is 0 Å². The van der Waals surface area contributed by atoms with E-state index in [1.165, 1.54) is 0 Å². The maximum absolute atomic E-state index is 5.87. The van der Waals surface area contributed by atoms with Crippen LogP contribution < -0.4 is 9.47 Å². The second-order valence-corrected chi connectivity index (χ2v) is 6.51. The lowest BCUT2D eigenvalue weighted by molar-refractivity contribution is 0.240. The van der Waals surface area contributed by atoms with E-state index in [9.17, 15) is 0 Å². The molecule has 1 saturated heterocycles. The van der Waals surface area contributed by atoms with Gasteiger partial charge in [0, 0.05) is 12.7 Å². The molecule has 3 aromatic rings. The smallest absolute Gasteiger partial charge is 0.238 e. The van der Waals surface area contributed by atoms with Gasteiger partial charge in [-0.15, -0.1) is 0 Å². The van der Waals surface area contributed by atoms with Crippen molar-refractivity contribution in [3.63, 3.8) is 0 Å². The van der Waals surface area contributed by atoms with Crippen molar-refractivity contribution in [3.8, 4) is 17.4 Å². The Morgan fingerprint density at radius 2 is 1.93 bits per heavy atom. The summed E-state index contributed by atoms with van der Waals surface area (Å²) in [5.41, 5.74) is 2.01. The van der Waals surface area contributed by atoms with E-state index >= 15 is 0 Å². The van der Waals surface area contributed by atoms with E-state index in [2.05, 4.69) is 20.9 Å². The minimum absolute atomic E-state index is 0.235. The van der Waals surface area contributed by atoms with Gasteiger partial charge in [0.1, 0.15) is 11.5 Å². The van der Waals surface area contributed by atoms with Gasteiger partial charge >= 0.3 is 0 Å². The first-order valence-electron chi connectivity index (χ1n) is 9.09. The van der Waals surface area contributed by atoms with Gasteiger partial charge in [0.15, 0.2) is 0 Å². The molecule has 1 aliphatic rings. The number of ether oxygens (including phenoxy) is 2. The molecule has 4 rings (SSSR count). The number of likely N-dealkylation sites (tertiary alicyclic amines) is 1. The molecule has 0 radical (unpaired) electrons. The quantitative estimate of drug-likeness (QED) is 0.660. The third kappa shape index (κ3) is 4.23. The van der Waals surface area contributed by atoms with Gasteiger partial charge in [-0.25, -0.2) is 4.98 Å². The van der Waals surface area contributed by atoms with E-state index < -0.39 is 0 Å². The van der Waals surface area contributed by atoms with Crippen molar-refractivity contribution in [1.29, 1.82) is 0 Å². The Morgan fingerprint density at radius 1 is 1.07 bits per heavy atom. The first kappa shape index (κ1) is 17.4. The number of methoxy groups -OCH3 is 1. The molecule has 3 heterocycles. The highest BCUT2D eigenvalue weighted by Crippen LogP contribution is 2.32. The molecule has 1 atom stereocenters. The molecule has 2 aromatic heterocycles. The van der Waals surface area contributed by atoms with Crippen molar-refractivity contribution in [3.05, 3.63) is 72.4 Å². The van der Waals surface area contributed by atoms with Crippen LogP contribution in [0.2, 0.25) is 0 Å². The van der Waals surface area contributed by atoms with Gasteiger partial charge in [-0.3, -0.25) is 14.9 Å². The molecule has 6 nitrogen and oxygen atoms in total. The van der Waals surface area contributed by atoms with E-state index in [1.54, 1.807) is 13.3 Å². The average Bonchev–Trinajstić information content (AvgIpc) is 3.18. The third-order valence-corrected chi connectivity index (χ3v) is 4.71. The average molecular weight is 362 g/mol. The Morgan fingerprint density at radius 3 is 2.70 bits per heavy atom. The number of pyridine rings is 1. The van der Waals surface area contributed by atoms with Crippen LogP contribution in [0.5, 0.6) is 17.4 Å². The Balaban J connectivity index is 1.49. The van der Waals surface area contributed by atoms with Gasteiger partial charge in [0.05, 0.1) is 36.9 Å². The molecule has 0 N–H and O–H groups in total. The van der Waals surface area contributed by atoms with E-state index in [-0.39, 0.29) is 6.04 Å². The first-order valence-corrected chi connectivity index (χ1v) is 9.09. The van der Waals surface area contributed by atoms with Crippen LogP contribution in [0.3, 0.4) is 0 Å². The molecule has 0 unspecified atom stereocenters. The van der Waals surface area contributed by atoms with Crippen LogP contribution in [-0.2, 0) is 6.54 Å². The summed E-state index contributed by atoms with van der Waals surface area (Å²) in [5.74, 6) is 2.00. The second kappa shape index (κ2) is 8.14. The highest BCUT2D eigenvalue weighted by molar-refractivity contribution is 5.33. The fourth-order valence-electron chi connectivity index (χ4n) is 3.39. The molecule has 1 aromatic carbocycles. The summed E-state index contributed by atoms with van der Waals surface area (Å²) in [6.07, 6.45) is 7.52. The van der Waals surface area contributed by atoms with Crippen molar-refractivity contribution in [1.82, 2.24) is 19.9 Å². The molecule has 0 spiro atoms. The zero-order chi connectivity index (χ0) is 18.5. The van der Waals surface area contributed by atoms with Crippen molar-refractivity contribution in [2.75, 3.05) is 13.7 Å². The summed E-state index contributed by atoms with van der Waals surface area (Å²) in [7, 11) is 1.64. The van der Waals surface area contributed by atoms with Crippen LogP contribution in [0.25, 0.3) is 0 Å². The van der Waals surface area contributed by atoms with Crippen molar-refractivity contribution >= 4 is 0 Å². The maximum atomic E-state index is 5.87. The van der Waals surface area contributed by atoms with Crippen LogP contribution in [-0.4, -0.2) is 33.5 Å². The second-order valence-electron chi connectivity index (χ2n) is 6.51. The number of nitrogens with zero attached hydrogens (tertiary/aromatic N) is 4. The molecule has 1 fully saturated rings. The van der Waals surface area contributed by atoms with Gasteiger partial charge in [-0.1, -0.05) is 6.07 Å². The van der Waals surface area contributed by atoms with Gasteiger partial charge in [-0.05, 0) is 55.8 Å². The predicted octanol–water partition coefficient (Wildman–Crippen LogP) is 4.01. The van der Waals surface area contributed by atoms with Crippen LogP contribution >= 0.6 is 0 Å². The summed E-state index contributed by atoms with van der Waals surface area (Å²) >= 11 is 0. The lowest BCUT2D eigenvalue weighted by Crippen LogP contribution is -2.24. The monoisotopic (exact) mass is 362 g/mol. The van der Waals surface area contributed by atoms with Crippen LogP contribution in [0, 0.1) is 0 Å². The zero-order valence-electron chi connectivity index (χ0n) is 15.3. The highest BCUT2D eigenvalue weighted by atomic mass is 16.5. The van der Waals surface area contributed by atoms with E-state index in [4.69, 9.17) is 14.5 Å². The maximum Gasteiger partial charge on any atom is 0.238 e. The topological polar surface area (TPSA) is 60.4 Å². The molecule has 0 bridgehead atoms. The van der Waals surface area contributed by atoms with E-state index in [0.29, 0.717) is 11.6 Å². The van der Waals surface area contributed by atoms with Crippen molar-refractivity contribution in [2.45, 2.75) is 25.4 Å². The van der Waals surface area contributed by atoms with Crippen LogP contribution in [0.4, 0.5) is 0 Å². The van der Waals surface area contributed by atoms with Gasteiger partial charge in [-0.2, -0.15) is 0 Å².